The molecule has 0 aliphatic rings. The Labute approximate surface area is 259 Å². The maximum atomic E-state index is 6.22. The van der Waals surface area contributed by atoms with Gasteiger partial charge in [0.1, 0.15) is 16.0 Å². The van der Waals surface area contributed by atoms with Crippen molar-refractivity contribution < 1.29 is 4.42 Å². The standard InChI is InChI=1S/C39H22N2OS2/c1-2-8-24-20-37-31(19-23(24)7-1)38-32(17-18-40-39(38)44-37)41(25-13-15-34-29(21-25)27-9-3-5-11-33(27)42-34)26-14-16-36-30(22-26)28-10-4-6-12-35(28)43-36/h1-22H. The molecule has 10 rings (SSSR count). The second-order valence-electron chi connectivity index (χ2n) is 11.2. The lowest BCUT2D eigenvalue weighted by Crippen LogP contribution is -2.10. The van der Waals surface area contributed by atoms with Crippen LogP contribution in [0.2, 0.25) is 0 Å². The normalized spacial score (nSPS) is 12.1. The van der Waals surface area contributed by atoms with E-state index < -0.39 is 0 Å². The zero-order chi connectivity index (χ0) is 28.8. The number of furan rings is 1. The molecule has 0 saturated heterocycles. The molecule has 4 aromatic heterocycles. The van der Waals surface area contributed by atoms with Crippen LogP contribution in [0.3, 0.4) is 0 Å². The number of fused-ring (bicyclic) bond motifs is 10. The molecule has 0 unspecified atom stereocenters. The summed E-state index contributed by atoms with van der Waals surface area (Å²) in [5.74, 6) is 0. The number of anilines is 3. The molecule has 5 heteroatoms. The van der Waals surface area contributed by atoms with Gasteiger partial charge in [-0.05, 0) is 77.5 Å². The molecule has 44 heavy (non-hydrogen) atoms. The van der Waals surface area contributed by atoms with Gasteiger partial charge in [-0.2, -0.15) is 0 Å². The van der Waals surface area contributed by atoms with Gasteiger partial charge < -0.3 is 9.32 Å². The van der Waals surface area contributed by atoms with Crippen LogP contribution in [-0.2, 0) is 0 Å². The van der Waals surface area contributed by atoms with Crippen LogP contribution in [0.15, 0.2) is 138 Å². The van der Waals surface area contributed by atoms with Crippen molar-refractivity contribution in [2.45, 2.75) is 0 Å². The molecule has 0 spiro atoms. The zero-order valence-corrected chi connectivity index (χ0v) is 25.0. The van der Waals surface area contributed by atoms with E-state index in [0.717, 1.165) is 43.8 Å². The fourth-order valence-corrected chi connectivity index (χ4v) is 8.87. The molecule has 0 saturated carbocycles. The van der Waals surface area contributed by atoms with E-state index in [1.54, 1.807) is 11.3 Å². The maximum absolute atomic E-state index is 6.22. The molecule has 6 aromatic carbocycles. The van der Waals surface area contributed by atoms with Gasteiger partial charge in [-0.25, -0.2) is 4.98 Å². The Morgan fingerprint density at radius 1 is 0.500 bits per heavy atom. The van der Waals surface area contributed by atoms with E-state index in [4.69, 9.17) is 9.40 Å². The van der Waals surface area contributed by atoms with Crippen molar-refractivity contribution >= 4 is 113 Å². The van der Waals surface area contributed by atoms with Crippen molar-refractivity contribution in [1.82, 2.24) is 4.98 Å². The van der Waals surface area contributed by atoms with E-state index in [2.05, 4.69) is 120 Å². The summed E-state index contributed by atoms with van der Waals surface area (Å²) >= 11 is 3.60. The van der Waals surface area contributed by atoms with Crippen LogP contribution in [0.4, 0.5) is 17.1 Å². The molecule has 10 aromatic rings. The average molecular weight is 599 g/mol. The zero-order valence-electron chi connectivity index (χ0n) is 23.3. The number of hydrogen-bond acceptors (Lipinski definition) is 5. The molecule has 0 bridgehead atoms. The molecule has 0 radical (unpaired) electrons. The number of aromatic nitrogens is 1. The molecule has 4 heterocycles. The molecule has 0 atom stereocenters. The van der Waals surface area contributed by atoms with Crippen molar-refractivity contribution in [3.63, 3.8) is 0 Å². The SMILES string of the molecule is c1ccc2cc3c(cc2c1)sc1nccc(N(c2ccc4oc5ccccc5c4c2)c2ccc4sc5ccccc5c4c2)c13. The minimum absolute atomic E-state index is 0.890. The highest BCUT2D eigenvalue weighted by atomic mass is 32.1. The van der Waals surface area contributed by atoms with Crippen LogP contribution in [0.1, 0.15) is 0 Å². The largest absolute Gasteiger partial charge is 0.456 e. The highest BCUT2D eigenvalue weighted by molar-refractivity contribution is 7.26. The summed E-state index contributed by atoms with van der Waals surface area (Å²) in [7, 11) is 0. The second-order valence-corrected chi connectivity index (χ2v) is 13.3. The highest BCUT2D eigenvalue weighted by Gasteiger charge is 2.21. The van der Waals surface area contributed by atoms with E-state index in [9.17, 15) is 0 Å². The first-order valence-electron chi connectivity index (χ1n) is 14.6. The second kappa shape index (κ2) is 9.13. The van der Waals surface area contributed by atoms with Gasteiger partial charge in [0.15, 0.2) is 0 Å². The van der Waals surface area contributed by atoms with Crippen LogP contribution >= 0.6 is 22.7 Å². The first kappa shape index (κ1) is 24.2. The fourth-order valence-electron chi connectivity index (χ4n) is 6.69. The average Bonchev–Trinajstić information content (AvgIpc) is 3.74. The van der Waals surface area contributed by atoms with E-state index in [-0.39, 0.29) is 0 Å². The molecule has 206 valence electrons. The molecule has 0 aliphatic heterocycles. The number of rotatable bonds is 3. The smallest absolute Gasteiger partial charge is 0.135 e. The number of para-hydroxylation sites is 1. The van der Waals surface area contributed by atoms with Crippen molar-refractivity contribution in [2.24, 2.45) is 0 Å². The van der Waals surface area contributed by atoms with Crippen LogP contribution < -0.4 is 4.90 Å². The predicted octanol–water partition coefficient (Wildman–Crippen LogP) is 12.3. The number of hydrogen-bond donors (Lipinski definition) is 0. The van der Waals surface area contributed by atoms with Crippen LogP contribution in [0.25, 0.3) is 73.2 Å². The summed E-state index contributed by atoms with van der Waals surface area (Å²) < 4.78 is 10.1. The first-order valence-corrected chi connectivity index (χ1v) is 16.2. The highest BCUT2D eigenvalue weighted by Crippen LogP contribution is 2.47. The van der Waals surface area contributed by atoms with Gasteiger partial charge in [-0.15, -0.1) is 22.7 Å². The Kier molecular flexibility index (Phi) is 5.03. The molecular weight excluding hydrogens is 577 g/mol. The van der Waals surface area contributed by atoms with Crippen LogP contribution in [0, 0.1) is 0 Å². The number of benzene rings is 6. The van der Waals surface area contributed by atoms with Gasteiger partial charge >= 0.3 is 0 Å². The lowest BCUT2D eigenvalue weighted by molar-refractivity contribution is 0.669. The Morgan fingerprint density at radius 3 is 2.11 bits per heavy atom. The Balaban J connectivity index is 1.30. The van der Waals surface area contributed by atoms with Gasteiger partial charge in [0.05, 0.1) is 5.69 Å². The molecule has 0 N–H and O–H groups in total. The van der Waals surface area contributed by atoms with Crippen LogP contribution in [0.5, 0.6) is 0 Å². The van der Waals surface area contributed by atoms with Crippen molar-refractivity contribution in [1.29, 1.82) is 0 Å². The van der Waals surface area contributed by atoms with Gasteiger partial charge in [-0.1, -0.05) is 60.7 Å². The topological polar surface area (TPSA) is 29.3 Å². The number of pyridine rings is 1. The van der Waals surface area contributed by atoms with Gasteiger partial charge in [-0.3, -0.25) is 0 Å². The molecule has 0 amide bonds. The monoisotopic (exact) mass is 598 g/mol. The third-order valence-electron chi connectivity index (χ3n) is 8.70. The summed E-state index contributed by atoms with van der Waals surface area (Å²) in [6, 6.07) is 45.8. The van der Waals surface area contributed by atoms with E-state index in [1.807, 2.05) is 29.7 Å². The summed E-state index contributed by atoms with van der Waals surface area (Å²) in [4.78, 5) is 8.32. The summed E-state index contributed by atoms with van der Waals surface area (Å²) in [5.41, 5.74) is 5.10. The van der Waals surface area contributed by atoms with Gasteiger partial charge in [0.2, 0.25) is 0 Å². The first-order chi connectivity index (χ1) is 21.8. The third-order valence-corrected chi connectivity index (χ3v) is 10.9. The van der Waals surface area contributed by atoms with Crippen molar-refractivity contribution in [2.75, 3.05) is 4.90 Å². The van der Waals surface area contributed by atoms with E-state index in [0.29, 0.717) is 0 Å². The molecule has 0 fully saturated rings. The third kappa shape index (κ3) is 3.51. The van der Waals surface area contributed by atoms with Crippen molar-refractivity contribution in [3.8, 4) is 0 Å². The maximum Gasteiger partial charge on any atom is 0.135 e. The van der Waals surface area contributed by atoms with Gasteiger partial charge in [0.25, 0.3) is 0 Å². The quantitative estimate of drug-likeness (QED) is 0.203. The summed E-state index contributed by atoms with van der Waals surface area (Å²) in [5, 5.41) is 9.68. The Hall–Kier alpha value is -5.23. The Morgan fingerprint density at radius 2 is 1.20 bits per heavy atom. The molecule has 3 nitrogen and oxygen atoms in total. The Bertz CT molecular complexity index is 2640. The van der Waals surface area contributed by atoms with Crippen molar-refractivity contribution in [3.05, 3.63) is 134 Å². The molecular formula is C39H22N2OS2. The number of thiophene rings is 2. The lowest BCUT2D eigenvalue weighted by Gasteiger charge is -2.26. The van der Waals surface area contributed by atoms with E-state index >= 15 is 0 Å². The lowest BCUT2D eigenvalue weighted by atomic mass is 10.0. The summed E-state index contributed by atoms with van der Waals surface area (Å²) in [6.45, 7) is 0. The minimum Gasteiger partial charge on any atom is -0.456 e. The fraction of sp³-hybridized carbons (Fsp3) is 0. The van der Waals surface area contributed by atoms with Gasteiger partial charge in [0, 0.05) is 64.0 Å². The predicted molar refractivity (Wildman–Crippen MR) is 189 cm³/mol. The van der Waals surface area contributed by atoms with Crippen LogP contribution in [-0.4, -0.2) is 4.98 Å². The molecule has 0 aliphatic carbocycles. The minimum atomic E-state index is 0.890. The summed E-state index contributed by atoms with van der Waals surface area (Å²) in [6.07, 6.45) is 1.95. The number of nitrogens with zero attached hydrogens (tertiary/aromatic N) is 2. The van der Waals surface area contributed by atoms with E-state index in [1.165, 1.54) is 46.4 Å².